The van der Waals surface area contributed by atoms with Crippen LogP contribution in [0.4, 0.5) is 0 Å². The van der Waals surface area contributed by atoms with Gasteiger partial charge in [-0.05, 0) is 48.6 Å². The lowest BCUT2D eigenvalue weighted by atomic mass is 10.1. The molecule has 3 N–H and O–H groups in total. The third kappa shape index (κ3) is 6.28. The van der Waals surface area contributed by atoms with E-state index in [-0.39, 0.29) is 24.0 Å². The maximum atomic E-state index is 5.37. The quantitative estimate of drug-likeness (QED) is 0.244. The lowest BCUT2D eigenvalue weighted by Crippen LogP contribution is -2.38. The van der Waals surface area contributed by atoms with Crippen molar-refractivity contribution in [2.24, 2.45) is 4.99 Å². The van der Waals surface area contributed by atoms with Crippen LogP contribution in [0.1, 0.15) is 18.2 Å². The number of para-hydroxylation sites is 1. The topological polar surface area (TPSA) is 70.7 Å². The average molecular weight is 508 g/mol. The summed E-state index contributed by atoms with van der Waals surface area (Å²) in [7, 11) is 3.30. The molecule has 0 amide bonds. The van der Waals surface area contributed by atoms with Crippen molar-refractivity contribution >= 4 is 40.8 Å². The van der Waals surface area contributed by atoms with Crippen molar-refractivity contribution in [3.63, 3.8) is 0 Å². The summed E-state index contributed by atoms with van der Waals surface area (Å²) in [6.45, 7) is 4.25. The Morgan fingerprint density at radius 3 is 2.52 bits per heavy atom. The summed E-state index contributed by atoms with van der Waals surface area (Å²) < 4.78 is 10.7. The maximum Gasteiger partial charge on any atom is 0.191 e. The zero-order valence-electron chi connectivity index (χ0n) is 17.1. The van der Waals surface area contributed by atoms with Gasteiger partial charge in [-0.15, -0.1) is 24.0 Å². The van der Waals surface area contributed by atoms with Gasteiger partial charge in [0.05, 0.1) is 20.8 Å². The molecule has 0 aliphatic heterocycles. The van der Waals surface area contributed by atoms with Crippen LogP contribution < -0.4 is 20.1 Å². The van der Waals surface area contributed by atoms with Gasteiger partial charge in [0, 0.05) is 24.3 Å². The van der Waals surface area contributed by atoms with Gasteiger partial charge >= 0.3 is 0 Å². The molecule has 3 rings (SSSR count). The summed E-state index contributed by atoms with van der Waals surface area (Å²) in [4.78, 5) is 8.10. The van der Waals surface area contributed by atoms with Crippen molar-refractivity contribution in [1.29, 1.82) is 0 Å². The Hall–Kier alpha value is -2.42. The number of aromatic amines is 1. The highest BCUT2D eigenvalue weighted by molar-refractivity contribution is 14.0. The van der Waals surface area contributed by atoms with Crippen LogP contribution in [0.5, 0.6) is 11.5 Å². The molecule has 1 aromatic heterocycles. The van der Waals surface area contributed by atoms with Crippen LogP contribution >= 0.6 is 24.0 Å². The first-order chi connectivity index (χ1) is 13.7. The molecular formula is C22H29IN4O2. The average Bonchev–Trinajstić information content (AvgIpc) is 3.15. The van der Waals surface area contributed by atoms with Crippen LogP contribution in [-0.2, 0) is 13.0 Å². The van der Waals surface area contributed by atoms with E-state index in [0.29, 0.717) is 6.54 Å². The summed E-state index contributed by atoms with van der Waals surface area (Å²) in [5.74, 6) is 2.30. The number of aliphatic imine (C=N–C) groups is 1. The van der Waals surface area contributed by atoms with Crippen LogP contribution in [0.15, 0.2) is 53.5 Å². The van der Waals surface area contributed by atoms with Crippen LogP contribution in [0.2, 0.25) is 0 Å². The lowest BCUT2D eigenvalue weighted by molar-refractivity contribution is 0.354. The van der Waals surface area contributed by atoms with Gasteiger partial charge in [0.2, 0.25) is 0 Å². The molecule has 156 valence electrons. The van der Waals surface area contributed by atoms with Gasteiger partial charge in [-0.2, -0.15) is 0 Å². The molecule has 0 aliphatic rings. The number of nitrogens with zero attached hydrogens (tertiary/aromatic N) is 1. The number of nitrogens with one attached hydrogen (secondary N) is 3. The Morgan fingerprint density at radius 2 is 1.79 bits per heavy atom. The molecule has 6 nitrogen and oxygen atoms in total. The highest BCUT2D eigenvalue weighted by Gasteiger charge is 2.05. The standard InChI is InChI=1S/C22H28N4O2.HI/c1-4-23-22(25-15-18-14-17-7-5-6-8-19(17)26-18)24-12-11-16-9-10-20(27-2)21(13-16)28-3;/h5-10,13-14,26H,4,11-12,15H2,1-3H3,(H2,23,24,25);1H. The Bertz CT molecular complexity index is 906. The molecular weight excluding hydrogens is 479 g/mol. The normalized spacial score (nSPS) is 11.1. The van der Waals surface area contributed by atoms with E-state index in [2.05, 4.69) is 51.8 Å². The van der Waals surface area contributed by atoms with Crippen LogP contribution in [0.3, 0.4) is 0 Å². The summed E-state index contributed by atoms with van der Waals surface area (Å²) in [6, 6.07) is 16.4. The predicted octanol–water partition coefficient (Wildman–Crippen LogP) is 4.10. The van der Waals surface area contributed by atoms with Crippen molar-refractivity contribution in [2.75, 3.05) is 27.3 Å². The number of H-pyrrole nitrogens is 1. The summed E-state index contributed by atoms with van der Waals surface area (Å²) in [6.07, 6.45) is 0.858. The minimum absolute atomic E-state index is 0. The maximum absolute atomic E-state index is 5.37. The SMILES string of the molecule is CCNC(=NCc1cc2ccccc2[nH]1)NCCc1ccc(OC)c(OC)c1.I. The molecule has 3 aromatic rings. The number of aromatic nitrogens is 1. The van der Waals surface area contributed by atoms with E-state index in [1.54, 1.807) is 14.2 Å². The van der Waals surface area contributed by atoms with E-state index < -0.39 is 0 Å². The highest BCUT2D eigenvalue weighted by atomic mass is 127. The van der Waals surface area contributed by atoms with Gasteiger partial charge in [0.15, 0.2) is 17.5 Å². The zero-order chi connectivity index (χ0) is 19.8. The molecule has 0 spiro atoms. The van der Waals surface area contributed by atoms with Crippen molar-refractivity contribution < 1.29 is 9.47 Å². The zero-order valence-corrected chi connectivity index (χ0v) is 19.4. The van der Waals surface area contributed by atoms with Crippen molar-refractivity contribution in [1.82, 2.24) is 15.6 Å². The first-order valence-corrected chi connectivity index (χ1v) is 9.53. The molecule has 0 aliphatic carbocycles. The number of benzene rings is 2. The summed E-state index contributed by atoms with van der Waals surface area (Å²) in [5.41, 5.74) is 3.41. The van der Waals surface area contributed by atoms with Crippen LogP contribution in [-0.4, -0.2) is 38.3 Å². The van der Waals surface area contributed by atoms with E-state index in [4.69, 9.17) is 9.47 Å². The predicted molar refractivity (Wildman–Crippen MR) is 130 cm³/mol. The van der Waals surface area contributed by atoms with Gasteiger partial charge in [-0.25, -0.2) is 4.99 Å². The first kappa shape index (κ1) is 22.9. The summed E-state index contributed by atoms with van der Waals surface area (Å²) in [5, 5.41) is 7.89. The van der Waals surface area contributed by atoms with Gasteiger partial charge in [-0.3, -0.25) is 0 Å². The van der Waals surface area contributed by atoms with E-state index in [0.717, 1.165) is 48.2 Å². The Labute approximate surface area is 189 Å². The summed E-state index contributed by atoms with van der Waals surface area (Å²) >= 11 is 0. The number of hydrogen-bond acceptors (Lipinski definition) is 3. The highest BCUT2D eigenvalue weighted by Crippen LogP contribution is 2.27. The van der Waals surface area contributed by atoms with Crippen molar-refractivity contribution in [2.45, 2.75) is 19.9 Å². The molecule has 29 heavy (non-hydrogen) atoms. The second kappa shape index (κ2) is 11.5. The number of hydrogen-bond donors (Lipinski definition) is 3. The molecule has 0 bridgehead atoms. The fourth-order valence-corrected chi connectivity index (χ4v) is 3.09. The molecule has 0 atom stereocenters. The van der Waals surface area contributed by atoms with E-state index >= 15 is 0 Å². The van der Waals surface area contributed by atoms with Gasteiger partial charge < -0.3 is 25.1 Å². The van der Waals surface area contributed by atoms with Crippen molar-refractivity contribution in [3.05, 3.63) is 59.8 Å². The Balaban J connectivity index is 0.00000300. The fraction of sp³-hybridized carbons (Fsp3) is 0.318. The minimum Gasteiger partial charge on any atom is -0.493 e. The Kier molecular flexibility index (Phi) is 9.11. The van der Waals surface area contributed by atoms with E-state index in [1.807, 2.05) is 24.3 Å². The second-order valence-electron chi connectivity index (χ2n) is 6.44. The Morgan fingerprint density at radius 1 is 1.00 bits per heavy atom. The minimum atomic E-state index is 0. The number of halogens is 1. The molecule has 0 unspecified atom stereocenters. The van der Waals surface area contributed by atoms with Gasteiger partial charge in [-0.1, -0.05) is 24.3 Å². The van der Waals surface area contributed by atoms with Gasteiger partial charge in [0.1, 0.15) is 0 Å². The third-order valence-corrected chi connectivity index (χ3v) is 4.49. The fourth-order valence-electron chi connectivity index (χ4n) is 3.09. The number of methoxy groups -OCH3 is 2. The lowest BCUT2D eigenvalue weighted by Gasteiger charge is -2.12. The van der Waals surface area contributed by atoms with Gasteiger partial charge in [0.25, 0.3) is 0 Å². The van der Waals surface area contributed by atoms with E-state index in [1.165, 1.54) is 10.9 Å². The van der Waals surface area contributed by atoms with E-state index in [9.17, 15) is 0 Å². The molecule has 0 fully saturated rings. The van der Waals surface area contributed by atoms with Crippen LogP contribution in [0.25, 0.3) is 10.9 Å². The molecule has 0 saturated heterocycles. The molecule has 1 heterocycles. The van der Waals surface area contributed by atoms with Crippen LogP contribution in [0, 0.1) is 0 Å². The monoisotopic (exact) mass is 508 g/mol. The molecule has 7 heteroatoms. The first-order valence-electron chi connectivity index (χ1n) is 9.53. The number of fused-ring (bicyclic) bond motifs is 1. The largest absolute Gasteiger partial charge is 0.493 e. The number of ether oxygens (including phenoxy) is 2. The molecule has 2 aromatic carbocycles. The second-order valence-corrected chi connectivity index (χ2v) is 6.44. The molecule has 0 saturated carbocycles. The molecule has 0 radical (unpaired) electrons. The van der Waals surface area contributed by atoms with Crippen molar-refractivity contribution in [3.8, 4) is 11.5 Å². The number of guanidine groups is 1. The third-order valence-electron chi connectivity index (χ3n) is 4.49. The number of rotatable bonds is 8. The smallest absolute Gasteiger partial charge is 0.191 e.